The van der Waals surface area contributed by atoms with Crippen LogP contribution in [0.1, 0.15) is 32.6 Å². The van der Waals surface area contributed by atoms with Crippen LogP contribution in [0, 0.1) is 0 Å². The van der Waals surface area contributed by atoms with Crippen molar-refractivity contribution >= 4 is 17.7 Å². The van der Waals surface area contributed by atoms with Gasteiger partial charge in [0.25, 0.3) is 0 Å². The van der Waals surface area contributed by atoms with E-state index in [1.54, 1.807) is 30.4 Å². The molecule has 1 atom stereocenters. The molecule has 0 radical (unpaired) electrons. The molecular formula is C11H19N5O2S. The molecule has 1 heterocycles. The van der Waals surface area contributed by atoms with Crippen LogP contribution in [-0.4, -0.2) is 48.6 Å². The van der Waals surface area contributed by atoms with E-state index in [1.807, 2.05) is 0 Å². The van der Waals surface area contributed by atoms with Crippen molar-refractivity contribution in [3.05, 3.63) is 0 Å². The third kappa shape index (κ3) is 3.90. The SMILES string of the molecule is Cn1nnnc1SCCCC(C)(NC1CC1)C(=O)O. The molecule has 2 N–H and O–H groups in total. The smallest absolute Gasteiger partial charge is 0.323 e. The molecule has 1 aromatic rings. The number of hydrogen-bond donors (Lipinski definition) is 2. The summed E-state index contributed by atoms with van der Waals surface area (Å²) in [6.07, 6.45) is 3.58. The largest absolute Gasteiger partial charge is 0.480 e. The zero-order valence-electron chi connectivity index (χ0n) is 11.2. The number of aryl methyl sites for hydroxylation is 1. The van der Waals surface area contributed by atoms with Crippen molar-refractivity contribution in [2.75, 3.05) is 5.75 Å². The fraction of sp³-hybridized carbons (Fsp3) is 0.818. The van der Waals surface area contributed by atoms with Gasteiger partial charge in [0.05, 0.1) is 0 Å². The number of carboxylic acid groups (broad SMARTS) is 1. The highest BCUT2D eigenvalue weighted by molar-refractivity contribution is 7.99. The Morgan fingerprint density at radius 1 is 1.63 bits per heavy atom. The zero-order chi connectivity index (χ0) is 13.9. The average Bonchev–Trinajstić information content (AvgIpc) is 3.06. The Morgan fingerprint density at radius 2 is 2.37 bits per heavy atom. The van der Waals surface area contributed by atoms with E-state index in [0.717, 1.165) is 30.2 Å². The molecule has 0 spiro atoms. The summed E-state index contributed by atoms with van der Waals surface area (Å²) in [5.41, 5.74) is -0.820. The highest BCUT2D eigenvalue weighted by atomic mass is 32.2. The summed E-state index contributed by atoms with van der Waals surface area (Å²) < 4.78 is 1.61. The van der Waals surface area contributed by atoms with Crippen molar-refractivity contribution in [2.45, 2.75) is 49.3 Å². The van der Waals surface area contributed by atoms with Crippen LogP contribution in [0.25, 0.3) is 0 Å². The van der Waals surface area contributed by atoms with Crippen LogP contribution < -0.4 is 5.32 Å². The third-order valence-corrected chi connectivity index (χ3v) is 4.30. The second-order valence-corrected chi connectivity index (χ2v) is 6.16. The monoisotopic (exact) mass is 285 g/mol. The lowest BCUT2D eigenvalue weighted by Crippen LogP contribution is -2.50. The zero-order valence-corrected chi connectivity index (χ0v) is 12.0. The summed E-state index contributed by atoms with van der Waals surface area (Å²) in [7, 11) is 1.79. The van der Waals surface area contributed by atoms with Crippen LogP contribution in [0.2, 0.25) is 0 Å². The molecule has 0 aromatic carbocycles. The first-order valence-corrected chi connectivity index (χ1v) is 7.36. The van der Waals surface area contributed by atoms with Gasteiger partial charge in [-0.3, -0.25) is 10.1 Å². The number of aromatic nitrogens is 4. The van der Waals surface area contributed by atoms with Gasteiger partial charge in [0.15, 0.2) is 0 Å². The van der Waals surface area contributed by atoms with Gasteiger partial charge in [-0.1, -0.05) is 11.8 Å². The normalized spacial score (nSPS) is 18.2. The fourth-order valence-corrected chi connectivity index (χ4v) is 2.64. The molecule has 0 bridgehead atoms. The maximum atomic E-state index is 11.4. The van der Waals surface area contributed by atoms with Gasteiger partial charge in [0.2, 0.25) is 5.16 Å². The molecule has 1 fully saturated rings. The summed E-state index contributed by atoms with van der Waals surface area (Å²) in [6, 6.07) is 0.386. The van der Waals surface area contributed by atoms with E-state index in [9.17, 15) is 9.90 Å². The van der Waals surface area contributed by atoms with Crippen LogP contribution in [0.3, 0.4) is 0 Å². The molecular weight excluding hydrogens is 266 g/mol. The summed E-state index contributed by atoms with van der Waals surface area (Å²) in [6.45, 7) is 1.77. The number of carboxylic acids is 1. The van der Waals surface area contributed by atoms with Crippen molar-refractivity contribution in [3.63, 3.8) is 0 Å². The number of hydrogen-bond acceptors (Lipinski definition) is 6. The first kappa shape index (κ1) is 14.3. The highest BCUT2D eigenvalue weighted by Crippen LogP contribution is 2.26. The van der Waals surface area contributed by atoms with Crippen molar-refractivity contribution in [1.82, 2.24) is 25.5 Å². The Morgan fingerprint density at radius 3 is 2.89 bits per heavy atom. The Labute approximate surface area is 116 Å². The summed E-state index contributed by atoms with van der Waals surface area (Å²) in [5, 5.41) is 24.5. The average molecular weight is 285 g/mol. The molecule has 0 saturated heterocycles. The Balaban J connectivity index is 1.76. The van der Waals surface area contributed by atoms with Crippen LogP contribution in [0.5, 0.6) is 0 Å². The molecule has 2 rings (SSSR count). The predicted octanol–water partition coefficient (Wildman–Crippen LogP) is 0.678. The molecule has 0 amide bonds. The fourth-order valence-electron chi connectivity index (χ4n) is 1.85. The summed E-state index contributed by atoms with van der Waals surface area (Å²) in [4.78, 5) is 11.4. The lowest BCUT2D eigenvalue weighted by atomic mass is 9.96. The molecule has 1 aliphatic rings. The van der Waals surface area contributed by atoms with Crippen LogP contribution in [0.4, 0.5) is 0 Å². The minimum absolute atomic E-state index is 0.386. The van der Waals surface area contributed by atoms with Gasteiger partial charge < -0.3 is 5.11 Å². The number of nitrogens with zero attached hydrogens (tertiary/aromatic N) is 4. The van der Waals surface area contributed by atoms with E-state index in [-0.39, 0.29) is 0 Å². The first-order valence-electron chi connectivity index (χ1n) is 6.37. The maximum absolute atomic E-state index is 11.4. The minimum atomic E-state index is -0.820. The summed E-state index contributed by atoms with van der Waals surface area (Å²) in [5.74, 6) is 0.0356. The lowest BCUT2D eigenvalue weighted by Gasteiger charge is -2.26. The second-order valence-electron chi connectivity index (χ2n) is 5.09. The van der Waals surface area contributed by atoms with Crippen LogP contribution >= 0.6 is 11.8 Å². The van der Waals surface area contributed by atoms with E-state index in [1.165, 1.54) is 0 Å². The topological polar surface area (TPSA) is 92.9 Å². The van der Waals surface area contributed by atoms with Crippen molar-refractivity contribution in [1.29, 1.82) is 0 Å². The highest BCUT2D eigenvalue weighted by Gasteiger charge is 2.37. The van der Waals surface area contributed by atoms with Crippen molar-refractivity contribution in [2.24, 2.45) is 7.05 Å². The summed E-state index contributed by atoms with van der Waals surface area (Å²) >= 11 is 1.55. The molecule has 8 heteroatoms. The number of rotatable bonds is 8. The van der Waals surface area contributed by atoms with Gasteiger partial charge in [-0.25, -0.2) is 4.68 Å². The maximum Gasteiger partial charge on any atom is 0.323 e. The first-order chi connectivity index (χ1) is 9.01. The Bertz CT molecular complexity index is 448. The lowest BCUT2D eigenvalue weighted by molar-refractivity contribution is -0.144. The van der Waals surface area contributed by atoms with E-state index in [2.05, 4.69) is 20.8 Å². The van der Waals surface area contributed by atoms with Gasteiger partial charge in [-0.05, 0) is 43.0 Å². The van der Waals surface area contributed by atoms with Crippen LogP contribution in [0.15, 0.2) is 5.16 Å². The number of aliphatic carboxylic acids is 1. The van der Waals surface area contributed by atoms with Gasteiger partial charge in [0, 0.05) is 18.8 Å². The van der Waals surface area contributed by atoms with Gasteiger partial charge in [0.1, 0.15) is 5.54 Å². The van der Waals surface area contributed by atoms with E-state index in [0.29, 0.717) is 12.5 Å². The van der Waals surface area contributed by atoms with E-state index >= 15 is 0 Å². The van der Waals surface area contributed by atoms with Gasteiger partial charge in [-0.15, -0.1) is 5.10 Å². The second kappa shape index (κ2) is 5.87. The molecule has 0 aliphatic heterocycles. The predicted molar refractivity (Wildman–Crippen MR) is 71.0 cm³/mol. The minimum Gasteiger partial charge on any atom is -0.480 e. The molecule has 1 saturated carbocycles. The van der Waals surface area contributed by atoms with Gasteiger partial charge in [-0.2, -0.15) is 0 Å². The van der Waals surface area contributed by atoms with Crippen molar-refractivity contribution < 1.29 is 9.90 Å². The number of tetrazole rings is 1. The standard InChI is InChI=1S/C11H19N5O2S/c1-11(9(17)18,12-8-4-5-8)6-3-7-19-10-13-14-15-16(10)2/h8,12H,3-7H2,1-2H3,(H,17,18). The van der Waals surface area contributed by atoms with E-state index in [4.69, 9.17) is 0 Å². The number of thioether (sulfide) groups is 1. The molecule has 19 heavy (non-hydrogen) atoms. The number of carbonyl (C=O) groups is 1. The van der Waals surface area contributed by atoms with Crippen molar-refractivity contribution in [3.8, 4) is 0 Å². The molecule has 106 valence electrons. The molecule has 1 aliphatic carbocycles. The molecule has 1 unspecified atom stereocenters. The molecule has 1 aromatic heterocycles. The quantitative estimate of drug-likeness (QED) is 0.536. The van der Waals surface area contributed by atoms with Crippen LogP contribution in [-0.2, 0) is 11.8 Å². The molecule has 7 nitrogen and oxygen atoms in total. The number of nitrogens with one attached hydrogen (secondary N) is 1. The Hall–Kier alpha value is -1.15. The van der Waals surface area contributed by atoms with E-state index < -0.39 is 11.5 Å². The third-order valence-electron chi connectivity index (χ3n) is 3.21. The van der Waals surface area contributed by atoms with Gasteiger partial charge >= 0.3 is 5.97 Å². The Kier molecular flexibility index (Phi) is 4.41.